The third-order valence-electron chi connectivity index (χ3n) is 19.9. The van der Waals surface area contributed by atoms with Gasteiger partial charge in [0, 0.05) is 67.0 Å². The second-order valence-corrected chi connectivity index (χ2v) is 27.9. The average molecular weight is 1340 g/mol. The number of hydrogen-bond acceptors (Lipinski definition) is 16. The molecule has 2 saturated heterocycles. The van der Waals surface area contributed by atoms with Crippen LogP contribution in [0, 0.1) is 46.3 Å². The molecule has 26 heteroatoms. The zero-order valence-corrected chi connectivity index (χ0v) is 55.9. The van der Waals surface area contributed by atoms with Gasteiger partial charge < -0.3 is 58.4 Å². The van der Waals surface area contributed by atoms with Crippen molar-refractivity contribution in [3.63, 3.8) is 0 Å². The summed E-state index contributed by atoms with van der Waals surface area (Å²) >= 11 is 0. The summed E-state index contributed by atoms with van der Waals surface area (Å²) in [6.45, 7) is 16.4. The maximum absolute atomic E-state index is 15.5. The van der Waals surface area contributed by atoms with Gasteiger partial charge in [0.2, 0.25) is 23.6 Å². The zero-order valence-electron chi connectivity index (χ0n) is 53.1. The monoisotopic (exact) mass is 1340 g/mol. The zero-order chi connectivity index (χ0) is 64.0. The number of carbonyl (C=O) groups excluding carboxylic acids is 6. The van der Waals surface area contributed by atoms with Crippen molar-refractivity contribution in [2.24, 2.45) is 46.3 Å². The van der Waals surface area contributed by atoms with Crippen LogP contribution in [0.4, 0.5) is 27.2 Å². The Hall–Kier alpha value is -5.97. The predicted molar refractivity (Wildman–Crippen MR) is 315 cm³/mol. The van der Waals surface area contributed by atoms with Crippen LogP contribution in [0.25, 0.3) is 22.1 Å². The number of rotatable bonds is 6. The maximum atomic E-state index is 15.5. The Morgan fingerprint density at radius 2 is 1.05 bits per heavy atom. The summed E-state index contributed by atoms with van der Waals surface area (Å²) in [5.74, 6) is -11.0. The van der Waals surface area contributed by atoms with Crippen LogP contribution in [0.15, 0.2) is 36.4 Å². The summed E-state index contributed by atoms with van der Waals surface area (Å²) in [6.07, 6.45) is 5.83. The van der Waals surface area contributed by atoms with Crippen molar-refractivity contribution in [1.29, 1.82) is 0 Å². The Labute approximate surface area is 551 Å². The summed E-state index contributed by atoms with van der Waals surface area (Å²) in [7, 11) is 3.04. The first-order valence-corrected chi connectivity index (χ1v) is 31.2. The number of aromatic nitrogens is 4. The van der Waals surface area contributed by atoms with E-state index in [1.807, 2.05) is 74.9 Å². The number of methoxy groups -OCH3 is 2. The Morgan fingerprint density at radius 1 is 0.615 bits per heavy atom. The van der Waals surface area contributed by atoms with Crippen molar-refractivity contribution in [1.82, 2.24) is 40.4 Å². The molecule has 4 amide bonds. The Balaban J connectivity index is 0.000000211. The summed E-state index contributed by atoms with van der Waals surface area (Å²) in [5.41, 5.74) is -0.307. The number of carbonyl (C=O) groups is 4. The minimum atomic E-state index is -3.00. The number of halogens is 4. The molecular weight excluding hydrogens is 1260 g/mol. The van der Waals surface area contributed by atoms with E-state index >= 15 is 17.6 Å². The number of fused-ring (bicyclic) bond motifs is 14. The van der Waals surface area contributed by atoms with E-state index in [0.29, 0.717) is 84.9 Å². The van der Waals surface area contributed by atoms with Crippen LogP contribution >= 0.6 is 0 Å². The molecule has 4 bridgehead atoms. The van der Waals surface area contributed by atoms with Gasteiger partial charge in [0.25, 0.3) is 11.8 Å². The van der Waals surface area contributed by atoms with Crippen LogP contribution in [0.1, 0.15) is 150 Å². The van der Waals surface area contributed by atoms with Gasteiger partial charge in [-0.15, -0.1) is 0 Å². The number of benzene rings is 2. The molecular formula is C65H80F4N8O12V2-2. The summed E-state index contributed by atoms with van der Waals surface area (Å²) in [5, 5.41) is 5.51. The number of nitrogens with zero attached hydrogens (tertiary/aromatic N) is 6. The molecule has 2 N–H and O–H groups in total. The van der Waals surface area contributed by atoms with Gasteiger partial charge in [-0.1, -0.05) is 93.2 Å². The molecule has 12 rings (SSSR count). The van der Waals surface area contributed by atoms with E-state index in [1.165, 1.54) is 24.0 Å². The first kappa shape index (κ1) is 69.4. The van der Waals surface area contributed by atoms with Crippen molar-refractivity contribution in [3.05, 3.63) is 47.8 Å². The third-order valence-corrected chi connectivity index (χ3v) is 19.9. The van der Waals surface area contributed by atoms with E-state index in [0.717, 1.165) is 0 Å². The van der Waals surface area contributed by atoms with Gasteiger partial charge in [-0.2, -0.15) is 0 Å². The average Bonchev–Trinajstić information content (AvgIpc) is 1.57. The predicted octanol–water partition coefficient (Wildman–Crippen LogP) is 9.97. The molecule has 8 aliphatic rings. The number of alkyl carbamates (subject to hydrolysis) is 2. The Bertz CT molecular complexity index is 3430. The molecule has 0 spiro atoms. The van der Waals surface area contributed by atoms with E-state index in [9.17, 15) is 28.8 Å². The van der Waals surface area contributed by atoms with Gasteiger partial charge >= 0.3 is 12.2 Å². The van der Waals surface area contributed by atoms with E-state index in [2.05, 4.69) is 30.6 Å². The van der Waals surface area contributed by atoms with E-state index < -0.39 is 124 Å². The standard InChI is InChI=1S/C33H41F2N4O6.C32H39F2N4O6.2V/c1-7-19-23(16-40)39-15-24(19)44-28-26(36-21-12-11-18(43-6)13-22(21)37-28)25-20(33(25,34)35)10-8-9-17-14-32(17,5)45-30(42)38-27(29(39)41)31(2,3)4;1-6-18-22(15-39)38-14-24(18)43-28-26(35-20-11-10-17(42-5)13-21(20)36-28)25-19(32(25,33)34)9-7-8-16-12-23(16)44-30(41)37-27(29(38)40)31(2,3)4;;/h11-13,17,19-20,23-25,27H,7-10,14-15H2,1-6H3,(H,38,42);10-11,13,16,18-19,22-25,27H,6-9,12,14H2,1-5H3,(H,37,41);;/q2*-1;;/t17-,19+,20?,23-,24+,25?,27-,32-;16-,18+,19?,22-,23-,24+,25?,27-;;/m11../s1. The smallest absolute Gasteiger partial charge is 0.408 e. The van der Waals surface area contributed by atoms with Gasteiger partial charge in [-0.3, -0.25) is 9.59 Å². The van der Waals surface area contributed by atoms with Gasteiger partial charge in [0.05, 0.1) is 61.2 Å². The van der Waals surface area contributed by atoms with Crippen molar-refractivity contribution in [2.45, 2.75) is 198 Å². The normalized spacial score (nSPS) is 33.2. The van der Waals surface area contributed by atoms with Crippen LogP contribution in [0.2, 0.25) is 0 Å². The quantitative estimate of drug-likeness (QED) is 0.135. The van der Waals surface area contributed by atoms with Gasteiger partial charge in [-0.05, 0) is 98.3 Å². The van der Waals surface area contributed by atoms with Crippen LogP contribution in [0.3, 0.4) is 0 Å². The van der Waals surface area contributed by atoms with Crippen LogP contribution < -0.4 is 29.6 Å². The van der Waals surface area contributed by atoms with Crippen molar-refractivity contribution < 1.29 is 112 Å². The summed E-state index contributed by atoms with van der Waals surface area (Å²) < 4.78 is 96.7. The van der Waals surface area contributed by atoms with Crippen LogP contribution in [-0.4, -0.2) is 154 Å². The van der Waals surface area contributed by atoms with Gasteiger partial charge in [0.1, 0.15) is 58.9 Å². The van der Waals surface area contributed by atoms with Crippen molar-refractivity contribution in [2.75, 3.05) is 27.3 Å². The van der Waals surface area contributed by atoms with E-state index in [4.69, 9.17) is 28.4 Å². The summed E-state index contributed by atoms with van der Waals surface area (Å²) in [6, 6.07) is 6.13. The topological polar surface area (TPSA) is 240 Å². The van der Waals surface area contributed by atoms with Crippen molar-refractivity contribution >= 4 is 58.6 Å². The number of amides is 4. The largest absolute Gasteiger partial charge is 0.540 e. The fraction of sp³-hybridized carbons (Fsp3) is 0.662. The molecule has 4 aliphatic carbocycles. The molecule has 6 fully saturated rings. The molecule has 2 radical (unpaired) electrons. The Morgan fingerprint density at radius 3 is 1.47 bits per heavy atom. The molecule has 4 aromatic rings. The fourth-order valence-electron chi connectivity index (χ4n) is 14.3. The molecule has 20 nitrogen and oxygen atoms in total. The number of nitrogens with one attached hydrogen (secondary N) is 2. The second kappa shape index (κ2) is 26.1. The van der Waals surface area contributed by atoms with Gasteiger partial charge in [0.15, 0.2) is 0 Å². The minimum absolute atomic E-state index is 0. The van der Waals surface area contributed by atoms with Crippen LogP contribution in [-0.2, 0) is 65.8 Å². The van der Waals surface area contributed by atoms with Gasteiger partial charge in [-0.25, -0.2) is 59.7 Å². The molecule has 4 unspecified atom stereocenters. The SMILES string of the molecule is CC[C@@H]1[C@@H]2CN(C(=O)[C@H](C(C)(C)C)NC(=O)O[C@@H]3C[C@H]3CCCC3C(c4nc5ccc(OC)cc5nc4O2)C3(F)F)[C@@H]1[C-]=O.CC[C@@H]1[C@@H]2CN(C(=O)[C@H](C(C)(C)C)NC(=O)O[C@]3(C)C[C@H]3CCCC3C(c4nc5ccc(OC)cc5nc4O2)C3(F)F)[C@@H]1[C-]=O.[V].[V]. The van der Waals surface area contributed by atoms with E-state index in [1.54, 1.807) is 36.4 Å². The fourth-order valence-corrected chi connectivity index (χ4v) is 14.3. The molecule has 4 saturated carbocycles. The van der Waals surface area contributed by atoms with Crippen LogP contribution in [0.5, 0.6) is 23.3 Å². The van der Waals surface area contributed by atoms with E-state index in [-0.39, 0.29) is 104 Å². The molecule has 492 valence electrons. The number of alkyl halides is 4. The second-order valence-electron chi connectivity index (χ2n) is 27.9. The molecule has 2 aromatic carbocycles. The summed E-state index contributed by atoms with van der Waals surface area (Å²) in [4.78, 5) is 100. The maximum Gasteiger partial charge on any atom is 0.408 e. The molecule has 2 aromatic heterocycles. The third kappa shape index (κ3) is 13.6. The number of hydrogen-bond donors (Lipinski definition) is 2. The van der Waals surface area contributed by atoms with Crippen molar-refractivity contribution in [3.8, 4) is 23.3 Å². The molecule has 4 aliphatic heterocycles. The number of ether oxygens (including phenoxy) is 6. The Kier molecular flexibility index (Phi) is 19.9. The minimum Gasteiger partial charge on any atom is -0.540 e. The molecule has 16 atom stereocenters. The first-order valence-electron chi connectivity index (χ1n) is 31.2. The molecule has 6 heterocycles. The molecule has 91 heavy (non-hydrogen) atoms. The first-order chi connectivity index (χ1) is 42.1.